The summed E-state index contributed by atoms with van der Waals surface area (Å²) in [6.07, 6.45) is 3.45. The first-order valence-corrected chi connectivity index (χ1v) is 9.53. The Morgan fingerprint density at radius 3 is 2.84 bits per heavy atom. The van der Waals surface area contributed by atoms with Crippen LogP contribution in [0, 0.1) is 5.92 Å². The van der Waals surface area contributed by atoms with Gasteiger partial charge in [-0.1, -0.05) is 0 Å². The number of hydrogen-bond acceptors (Lipinski definition) is 6. The summed E-state index contributed by atoms with van der Waals surface area (Å²) in [5, 5.41) is 3.43. The maximum absolute atomic E-state index is 12.2. The first-order chi connectivity index (χ1) is 11.9. The lowest BCUT2D eigenvalue weighted by Crippen LogP contribution is -2.57. The summed E-state index contributed by atoms with van der Waals surface area (Å²) in [4.78, 5) is 20.9. The Labute approximate surface area is 150 Å². The molecule has 7 nitrogen and oxygen atoms in total. The Hall–Kier alpha value is -1.50. The second kappa shape index (κ2) is 7.81. The molecule has 3 rings (SSSR count). The summed E-state index contributed by atoms with van der Waals surface area (Å²) in [5.41, 5.74) is -0.450. The average molecular weight is 352 g/mol. The summed E-state index contributed by atoms with van der Waals surface area (Å²) in [7, 11) is 0. The molecule has 0 radical (unpaired) electrons. The number of carbonyl (C=O) groups excluding carboxylic acids is 1. The van der Waals surface area contributed by atoms with Crippen LogP contribution in [0.15, 0.2) is 4.99 Å². The highest BCUT2D eigenvalue weighted by atomic mass is 16.6. The van der Waals surface area contributed by atoms with Gasteiger partial charge in [-0.2, -0.15) is 0 Å². The normalized spacial score (nSPS) is 23.3. The Kier molecular flexibility index (Phi) is 5.71. The van der Waals surface area contributed by atoms with Crippen LogP contribution < -0.4 is 5.32 Å². The number of aliphatic imine (C=N–C) groups is 1. The van der Waals surface area contributed by atoms with E-state index in [2.05, 4.69) is 15.2 Å². The summed E-state index contributed by atoms with van der Waals surface area (Å²) >= 11 is 0. The molecule has 25 heavy (non-hydrogen) atoms. The lowest BCUT2D eigenvalue weighted by Gasteiger charge is -2.39. The van der Waals surface area contributed by atoms with Crippen molar-refractivity contribution in [1.82, 2.24) is 15.1 Å². The minimum absolute atomic E-state index is 0.221. The van der Waals surface area contributed by atoms with Crippen LogP contribution in [0.5, 0.6) is 0 Å². The number of carbonyl (C=O) groups is 1. The van der Waals surface area contributed by atoms with Gasteiger partial charge in [-0.25, -0.2) is 4.79 Å². The van der Waals surface area contributed by atoms with E-state index in [4.69, 9.17) is 9.47 Å². The van der Waals surface area contributed by atoms with E-state index in [1.165, 1.54) is 12.8 Å². The smallest absolute Gasteiger partial charge is 0.410 e. The van der Waals surface area contributed by atoms with Gasteiger partial charge < -0.3 is 24.6 Å². The fourth-order valence-corrected chi connectivity index (χ4v) is 3.13. The highest BCUT2D eigenvalue weighted by molar-refractivity contribution is 5.82. The Morgan fingerprint density at radius 1 is 1.32 bits per heavy atom. The second-order valence-electron chi connectivity index (χ2n) is 8.24. The molecule has 7 heteroatoms. The maximum atomic E-state index is 12.2. The molecule has 1 atom stereocenters. The van der Waals surface area contributed by atoms with Gasteiger partial charge in [-0.15, -0.1) is 0 Å². The van der Waals surface area contributed by atoms with Gasteiger partial charge in [0, 0.05) is 39.4 Å². The molecule has 1 saturated carbocycles. The minimum Gasteiger partial charge on any atom is -0.444 e. The molecule has 2 heterocycles. The van der Waals surface area contributed by atoms with E-state index in [0.717, 1.165) is 51.1 Å². The van der Waals surface area contributed by atoms with Crippen LogP contribution in [-0.2, 0) is 9.47 Å². The number of amides is 1. The third-order valence-electron chi connectivity index (χ3n) is 4.66. The molecule has 1 aliphatic carbocycles. The summed E-state index contributed by atoms with van der Waals surface area (Å²) < 4.78 is 11.1. The van der Waals surface area contributed by atoms with Gasteiger partial charge in [0.15, 0.2) is 5.96 Å². The number of piperazine rings is 1. The monoisotopic (exact) mass is 352 g/mol. The first-order valence-electron chi connectivity index (χ1n) is 9.53. The van der Waals surface area contributed by atoms with Crippen LogP contribution in [0.2, 0.25) is 0 Å². The molecule has 0 aromatic carbocycles. The molecule has 0 aromatic rings. The zero-order valence-electron chi connectivity index (χ0n) is 15.8. The van der Waals surface area contributed by atoms with Crippen molar-refractivity contribution in [1.29, 1.82) is 0 Å². The quantitative estimate of drug-likeness (QED) is 0.737. The van der Waals surface area contributed by atoms with Gasteiger partial charge in [0.05, 0.1) is 12.6 Å². The second-order valence-corrected chi connectivity index (χ2v) is 8.24. The number of nitrogens with one attached hydrogen (secondary N) is 1. The highest BCUT2D eigenvalue weighted by Crippen LogP contribution is 2.28. The standard InChI is InChI=1S/C18H32N4O3/c1-18(2,3)25-17(23)21-8-9-22-15(12-21)11-20-16(22)19-7-4-10-24-13-14-5-6-14/h14-15H,4-13H2,1-3H3,(H,19,20). The molecular formula is C18H32N4O3. The Morgan fingerprint density at radius 2 is 2.12 bits per heavy atom. The van der Waals surface area contributed by atoms with Crippen molar-refractivity contribution >= 4 is 12.1 Å². The van der Waals surface area contributed by atoms with Gasteiger partial charge in [0.25, 0.3) is 0 Å². The third kappa shape index (κ3) is 5.49. The van der Waals surface area contributed by atoms with Crippen LogP contribution in [-0.4, -0.2) is 79.4 Å². The van der Waals surface area contributed by atoms with Crippen LogP contribution >= 0.6 is 0 Å². The maximum Gasteiger partial charge on any atom is 0.410 e. The van der Waals surface area contributed by atoms with Crippen molar-refractivity contribution in [2.75, 3.05) is 45.9 Å². The fraction of sp³-hybridized carbons (Fsp3) is 0.889. The molecule has 2 fully saturated rings. The van der Waals surface area contributed by atoms with Crippen molar-refractivity contribution in [3.63, 3.8) is 0 Å². The van der Waals surface area contributed by atoms with Gasteiger partial charge >= 0.3 is 6.09 Å². The van der Waals surface area contributed by atoms with E-state index >= 15 is 0 Å². The molecule has 1 amide bonds. The zero-order valence-corrected chi connectivity index (χ0v) is 15.8. The fourth-order valence-electron chi connectivity index (χ4n) is 3.13. The van der Waals surface area contributed by atoms with Crippen molar-refractivity contribution in [2.45, 2.75) is 51.7 Å². The van der Waals surface area contributed by atoms with Crippen molar-refractivity contribution in [2.24, 2.45) is 10.9 Å². The van der Waals surface area contributed by atoms with E-state index < -0.39 is 5.60 Å². The molecular weight excluding hydrogens is 320 g/mol. The van der Waals surface area contributed by atoms with Gasteiger partial charge in [0.1, 0.15) is 5.60 Å². The molecule has 1 N–H and O–H groups in total. The van der Waals surface area contributed by atoms with Crippen LogP contribution in [0.3, 0.4) is 0 Å². The van der Waals surface area contributed by atoms with E-state index in [-0.39, 0.29) is 12.1 Å². The Bertz CT molecular complexity index is 499. The van der Waals surface area contributed by atoms with Crippen molar-refractivity contribution in [3.8, 4) is 0 Å². The number of hydrogen-bond donors (Lipinski definition) is 1. The van der Waals surface area contributed by atoms with Crippen LogP contribution in [0.4, 0.5) is 4.79 Å². The molecule has 2 aliphatic heterocycles. The molecule has 1 unspecified atom stereocenters. The summed E-state index contributed by atoms with van der Waals surface area (Å²) in [5.74, 6) is 1.80. The number of fused-ring (bicyclic) bond motifs is 1. The molecule has 1 saturated heterocycles. The SMILES string of the molecule is CC(C)(C)OC(=O)N1CCN2C(NCCCOCC3CC3)=NCC2C1. The number of ether oxygens (including phenoxy) is 2. The van der Waals surface area contributed by atoms with Crippen LogP contribution in [0.25, 0.3) is 0 Å². The highest BCUT2D eigenvalue weighted by Gasteiger charge is 2.36. The van der Waals surface area contributed by atoms with E-state index in [1.54, 1.807) is 4.90 Å². The van der Waals surface area contributed by atoms with E-state index in [0.29, 0.717) is 13.1 Å². The Balaban J connectivity index is 1.34. The lowest BCUT2D eigenvalue weighted by atomic mass is 10.2. The average Bonchev–Trinajstić information content (AvgIpc) is 3.28. The number of nitrogens with zero attached hydrogens (tertiary/aromatic N) is 3. The molecule has 0 bridgehead atoms. The van der Waals surface area contributed by atoms with Crippen LogP contribution in [0.1, 0.15) is 40.0 Å². The first kappa shape index (κ1) is 18.3. The van der Waals surface area contributed by atoms with E-state index in [1.807, 2.05) is 20.8 Å². The van der Waals surface area contributed by atoms with Gasteiger partial charge in [0.2, 0.25) is 0 Å². The number of rotatable bonds is 6. The van der Waals surface area contributed by atoms with Crippen molar-refractivity contribution in [3.05, 3.63) is 0 Å². The summed E-state index contributed by atoms with van der Waals surface area (Å²) in [6, 6.07) is 0.259. The summed E-state index contributed by atoms with van der Waals surface area (Å²) in [6.45, 7) is 11.2. The van der Waals surface area contributed by atoms with Gasteiger partial charge in [-0.3, -0.25) is 4.99 Å². The zero-order chi connectivity index (χ0) is 17.9. The van der Waals surface area contributed by atoms with E-state index in [9.17, 15) is 4.79 Å². The molecule has 142 valence electrons. The molecule has 0 spiro atoms. The number of guanidine groups is 1. The molecule has 0 aromatic heterocycles. The third-order valence-corrected chi connectivity index (χ3v) is 4.66. The van der Waals surface area contributed by atoms with Crippen molar-refractivity contribution < 1.29 is 14.3 Å². The van der Waals surface area contributed by atoms with Gasteiger partial charge in [-0.05, 0) is 46.0 Å². The largest absolute Gasteiger partial charge is 0.444 e. The lowest BCUT2D eigenvalue weighted by molar-refractivity contribution is 0.0137. The predicted octanol–water partition coefficient (Wildman–Crippen LogP) is 1.68. The minimum atomic E-state index is -0.450. The topological polar surface area (TPSA) is 66.4 Å². The predicted molar refractivity (Wildman–Crippen MR) is 96.8 cm³/mol. The molecule has 3 aliphatic rings.